The number of methoxy groups -OCH3 is 1. The van der Waals surface area contributed by atoms with Crippen LogP contribution < -0.4 is 99.8 Å². The first-order chi connectivity index (χ1) is 65.5. The van der Waals surface area contributed by atoms with Crippen molar-refractivity contribution in [3.05, 3.63) is 211 Å². The molecule has 136 heavy (non-hydrogen) atoms. The van der Waals surface area contributed by atoms with Gasteiger partial charge in [-0.05, 0) is 172 Å². The molecule has 11 aromatic rings. The Hall–Kier alpha value is -13.9. The summed E-state index contributed by atoms with van der Waals surface area (Å²) in [6.07, 6.45) is 12.2. The van der Waals surface area contributed by atoms with Gasteiger partial charge in [-0.2, -0.15) is 19.9 Å². The molecule has 41 nitrogen and oxygen atoms in total. The first kappa shape index (κ1) is 101. The first-order valence-corrected chi connectivity index (χ1v) is 52.7. The van der Waals surface area contributed by atoms with E-state index in [2.05, 4.69) is 135 Å². The molecule has 47 heteroatoms. The van der Waals surface area contributed by atoms with E-state index in [4.69, 9.17) is 35.5 Å². The van der Waals surface area contributed by atoms with Crippen LogP contribution in [0.4, 0.5) is 113 Å². The Morgan fingerprint density at radius 3 is 1.12 bits per heavy atom. The van der Waals surface area contributed by atoms with E-state index in [1.54, 1.807) is 161 Å². The van der Waals surface area contributed by atoms with Gasteiger partial charge in [0.05, 0.1) is 98.5 Å². The number of nitrogens with zero attached hydrogens (tertiary/aromatic N) is 9. The van der Waals surface area contributed by atoms with E-state index in [0.717, 1.165) is 42.0 Å². The lowest BCUT2D eigenvalue weighted by molar-refractivity contribution is 0.218. The Balaban J connectivity index is 0.000000163. The highest BCUT2D eigenvalue weighted by molar-refractivity contribution is 7.93. The van der Waals surface area contributed by atoms with Gasteiger partial charge in [0, 0.05) is 175 Å². The number of halogens is 1. The number of fused-ring (bicyclic) bond motifs is 16. The summed E-state index contributed by atoms with van der Waals surface area (Å²) >= 11 is 5.90. The van der Waals surface area contributed by atoms with E-state index in [0.29, 0.717) is 239 Å². The number of aromatic nitrogens is 8. The molecule has 722 valence electrons. The SMILES string of the molecule is CN(C)C(=O)NCCNc1cnc2nc1NCCCCS(=N)(=O)c1cccc(c1)N2.COc1ccc(NC(=O)NCCNc2cnc3nc2NCCCCS(=N)(=O)c2cccc(c2)N3)cc1.N=S1(=O)CCCCNc2nc(ncc2NCCNC(=O)NCc2ccccc2)Nc2cccc1c2.N=S1(=O)CCCCNc2nc(ncc2NCCNS(=O)(=O)c2cccc(Cl)c2)Nc2cccc1c2. The summed E-state index contributed by atoms with van der Waals surface area (Å²) in [7, 11) is -10.1. The van der Waals surface area contributed by atoms with Crippen LogP contribution in [0.15, 0.2) is 225 Å². The minimum Gasteiger partial charge on any atom is -0.497 e. The largest absolute Gasteiger partial charge is 0.497 e. The fourth-order valence-electron chi connectivity index (χ4n) is 13.5. The average molecular weight is 1970 g/mol. The fourth-order valence-corrected chi connectivity index (χ4v) is 20.7. The Kier molecular flexibility index (Phi) is 36.7. The van der Waals surface area contributed by atoms with Crippen LogP contribution in [-0.4, -0.2) is 211 Å². The zero-order chi connectivity index (χ0) is 96.3. The first-order valence-electron chi connectivity index (χ1n) is 43.9. The molecule has 16 bridgehead atoms. The zero-order valence-corrected chi connectivity index (χ0v) is 80.1. The second-order valence-corrected chi connectivity index (χ2v) is 42.5. The van der Waals surface area contributed by atoms with E-state index < -0.39 is 48.9 Å². The third-order valence-electron chi connectivity index (χ3n) is 20.7. The summed E-state index contributed by atoms with van der Waals surface area (Å²) in [5, 5.41) is 52.9. The highest BCUT2D eigenvalue weighted by Gasteiger charge is 2.22. The molecule has 4 unspecified atom stereocenters. The van der Waals surface area contributed by atoms with Crippen molar-refractivity contribution >= 4 is 177 Å². The highest BCUT2D eigenvalue weighted by atomic mass is 35.5. The average Bonchev–Trinajstić information content (AvgIpc) is 1.40. The molecular formula is C89H114ClN31O10S5. The van der Waals surface area contributed by atoms with Gasteiger partial charge >= 0.3 is 18.1 Å². The molecule has 15 rings (SSSR count). The van der Waals surface area contributed by atoms with Gasteiger partial charge in [-0.1, -0.05) is 72.3 Å². The van der Waals surface area contributed by atoms with Gasteiger partial charge in [0.1, 0.15) is 5.75 Å². The van der Waals surface area contributed by atoms with Crippen LogP contribution in [0.2, 0.25) is 5.02 Å². The standard InChI is InChI=1S/C24H30N8O3S.C24H30N8O2S.C22H26ClN7O3S2.C19H28N8O2S/c1-35-19-9-7-17(8-10-19)31-24(33)28-13-12-26-21-16-29-23-30-18-5-4-6-20(15-18)36(25,34)14-3-2-11-27-22(21)32-23;25-35(34)14-5-4-11-27-22-21(17-29-23(32-22)31-19-9-6-10-20(35)15-19)26-12-13-28-24(33)30-16-18-7-2-1-3-8-18;23-16-5-3-8-19(13-16)35(32,33)28-11-10-25-20-15-27-22-29-17-6-4-7-18(14-17)34(24,31)12-2-1-9-26-21(20)30-22;1-27(2)19(28)23-10-9-21-16-13-24-18-25-14-6-5-7-15(12-14)30(20,29)11-4-3-8-22-17(16)26-18/h4-10,15-16,25-26H,2-3,11-14H2,1H3,(H2,28,31,33)(H2,27,29,30,32);1-3,6-10,15,17,25-26H,4-5,11-14,16H2,(H2,28,30,33)(H2,27,29,31,32);3-8,13-15,24-25,28H,1-2,9-12H2,(H2,26,27,29,30);5-7,12-13,20-21H,3-4,8-11H2,1-2H3,(H,23,28)(H2,22,24,25,26). The summed E-state index contributed by atoms with van der Waals surface area (Å²) in [5.41, 5.74) is 7.14. The van der Waals surface area contributed by atoms with Crippen LogP contribution in [0.25, 0.3) is 0 Å². The summed E-state index contributed by atoms with van der Waals surface area (Å²) in [6, 6.07) is 50.3. The van der Waals surface area contributed by atoms with Gasteiger partial charge in [0.25, 0.3) is 0 Å². The number of urea groups is 3. The van der Waals surface area contributed by atoms with Crippen LogP contribution >= 0.6 is 11.6 Å². The van der Waals surface area contributed by atoms with Crippen molar-refractivity contribution in [2.75, 3.05) is 192 Å². The third kappa shape index (κ3) is 31.6. The topological polar surface area (TPSA) is 581 Å². The van der Waals surface area contributed by atoms with Gasteiger partial charge in [-0.15, -0.1) is 0 Å². The second kappa shape index (κ2) is 49.3. The van der Waals surface area contributed by atoms with Crippen molar-refractivity contribution in [3.8, 4) is 5.75 Å². The molecule has 4 aliphatic rings. The quantitative estimate of drug-likeness (QED) is 0.0280. The van der Waals surface area contributed by atoms with Crippen molar-refractivity contribution in [1.82, 2.24) is 70.8 Å². The maximum Gasteiger partial charge on any atom is 0.319 e. The molecule has 22 N–H and O–H groups in total. The lowest BCUT2D eigenvalue weighted by atomic mass is 10.2. The number of benzene rings is 7. The maximum atomic E-state index is 12.8. The van der Waals surface area contributed by atoms with Gasteiger partial charge in [-0.25, -0.2) is 83.4 Å². The van der Waals surface area contributed by atoms with Crippen molar-refractivity contribution in [2.24, 2.45) is 0 Å². The van der Waals surface area contributed by atoms with Crippen molar-refractivity contribution < 1.29 is 44.4 Å². The maximum absolute atomic E-state index is 12.8. The lowest BCUT2D eigenvalue weighted by Gasteiger charge is -2.15. The van der Waals surface area contributed by atoms with Crippen molar-refractivity contribution in [3.63, 3.8) is 0 Å². The molecule has 0 aliphatic carbocycles. The number of carbonyl (C=O) groups excluding carboxylic acids is 3. The molecular weight excluding hydrogens is 1860 g/mol. The molecule has 0 radical (unpaired) electrons. The van der Waals surface area contributed by atoms with Gasteiger partial charge in [0.2, 0.25) is 33.8 Å². The van der Waals surface area contributed by atoms with E-state index >= 15 is 0 Å². The minimum absolute atomic E-state index is 0.101. The fraction of sp³-hybridized carbons (Fsp3) is 0.315. The Labute approximate surface area is 797 Å². The molecule has 8 heterocycles. The number of ether oxygens (including phenoxy) is 1. The Bertz CT molecular complexity index is 6510. The van der Waals surface area contributed by atoms with E-state index in [1.165, 1.54) is 17.0 Å². The Morgan fingerprint density at radius 2 is 0.765 bits per heavy atom. The summed E-state index contributed by atoms with van der Waals surface area (Å²) < 4.78 is 117. The molecule has 4 aliphatic heterocycles. The molecule has 4 aromatic heterocycles. The van der Waals surface area contributed by atoms with Crippen LogP contribution in [0.3, 0.4) is 0 Å². The smallest absolute Gasteiger partial charge is 0.319 e. The molecule has 0 fully saturated rings. The molecule has 0 spiro atoms. The van der Waals surface area contributed by atoms with Gasteiger partial charge in [-0.3, -0.25) is 0 Å². The van der Waals surface area contributed by atoms with Crippen molar-refractivity contribution in [2.45, 2.75) is 82.4 Å². The van der Waals surface area contributed by atoms with Gasteiger partial charge in [0.15, 0.2) is 23.3 Å². The van der Waals surface area contributed by atoms with Gasteiger partial charge < -0.3 is 100 Å². The predicted octanol–water partition coefficient (Wildman–Crippen LogP) is 14.2. The van der Waals surface area contributed by atoms with Crippen LogP contribution in [0, 0.1) is 19.1 Å². The Morgan fingerprint density at radius 1 is 0.412 bits per heavy atom. The second-order valence-electron chi connectivity index (χ2n) is 31.4. The molecule has 0 saturated heterocycles. The summed E-state index contributed by atoms with van der Waals surface area (Å²) in [5.74, 6) is 5.90. The number of anilines is 17. The number of sulfonamides is 1. The molecule has 4 atom stereocenters. The minimum atomic E-state index is -3.68. The van der Waals surface area contributed by atoms with E-state index in [9.17, 15) is 39.6 Å². The predicted molar refractivity (Wildman–Crippen MR) is 538 cm³/mol. The zero-order valence-electron chi connectivity index (χ0n) is 75.3. The van der Waals surface area contributed by atoms with Crippen LogP contribution in [-0.2, 0) is 55.5 Å². The molecule has 6 amide bonds. The molecule has 0 saturated carbocycles. The highest BCUT2D eigenvalue weighted by Crippen LogP contribution is 2.32. The van der Waals surface area contributed by atoms with Crippen LogP contribution in [0.1, 0.15) is 56.9 Å². The number of nitrogens with one attached hydrogen (secondary N) is 22. The van der Waals surface area contributed by atoms with Crippen molar-refractivity contribution in [1.29, 1.82) is 19.1 Å². The summed E-state index contributed by atoms with van der Waals surface area (Å²) in [4.78, 5) is 75.1. The van der Waals surface area contributed by atoms with E-state index in [-0.39, 0.29) is 35.3 Å². The number of hydrogen-bond acceptors (Lipinski definition) is 34. The van der Waals surface area contributed by atoms with Crippen LogP contribution in [0.5, 0.6) is 5.75 Å². The summed E-state index contributed by atoms with van der Waals surface area (Å²) in [6.45, 7) is 6.08. The number of hydrogen-bond donors (Lipinski definition) is 22. The normalized spacial score (nSPS) is 17.8. The number of carbonyl (C=O) groups is 3. The van der Waals surface area contributed by atoms with E-state index in [1.807, 2.05) is 48.5 Å². The monoisotopic (exact) mass is 1970 g/mol. The molecule has 7 aromatic carbocycles. The third-order valence-corrected chi connectivity index (χ3v) is 29.9. The lowest BCUT2D eigenvalue weighted by Crippen LogP contribution is -2.37. The number of amides is 6. The number of rotatable bonds is 22.